The molecule has 1 N–H and O–H groups in total. The van der Waals surface area contributed by atoms with Crippen molar-refractivity contribution in [2.45, 2.75) is 37.8 Å². The summed E-state index contributed by atoms with van der Waals surface area (Å²) in [6.45, 7) is 7.04. The highest BCUT2D eigenvalue weighted by molar-refractivity contribution is 5.79. The van der Waals surface area contributed by atoms with Crippen LogP contribution in [-0.2, 0) is 14.3 Å². The molecule has 0 unspecified atom stereocenters. The van der Waals surface area contributed by atoms with E-state index in [2.05, 4.69) is 4.90 Å². The molecular weight excluding hydrogens is 222 g/mol. The van der Waals surface area contributed by atoms with Gasteiger partial charge in [-0.25, -0.2) is 0 Å². The largest absolute Gasteiger partial charge is 0.480 e. The molecule has 2 saturated heterocycles. The van der Waals surface area contributed by atoms with Crippen molar-refractivity contribution in [1.82, 2.24) is 4.90 Å². The van der Waals surface area contributed by atoms with Gasteiger partial charge in [0.25, 0.3) is 0 Å². The Hall–Kier alpha value is -0.650. The summed E-state index contributed by atoms with van der Waals surface area (Å²) in [7, 11) is 0. The maximum atomic E-state index is 11.6. The molecule has 0 atom stereocenters. The zero-order chi connectivity index (χ0) is 12.5. The molecule has 0 saturated carbocycles. The standard InChI is InChI=1S/C12H21NO4/c1-11(2)9-13(5-8-17-11)12(10(14)15)3-6-16-7-4-12/h3-9H2,1-2H3,(H,14,15). The number of carboxylic acids is 1. The van der Waals surface area contributed by atoms with Gasteiger partial charge in [-0.15, -0.1) is 0 Å². The molecule has 5 heteroatoms. The van der Waals surface area contributed by atoms with Gasteiger partial charge in [-0.2, -0.15) is 0 Å². The average Bonchev–Trinajstić information content (AvgIpc) is 2.28. The van der Waals surface area contributed by atoms with Gasteiger partial charge in [-0.3, -0.25) is 9.69 Å². The predicted molar refractivity (Wildman–Crippen MR) is 62.0 cm³/mol. The van der Waals surface area contributed by atoms with Gasteiger partial charge in [-0.1, -0.05) is 0 Å². The zero-order valence-electron chi connectivity index (χ0n) is 10.6. The highest BCUT2D eigenvalue weighted by atomic mass is 16.5. The Morgan fingerprint density at radius 1 is 1.24 bits per heavy atom. The van der Waals surface area contributed by atoms with E-state index in [9.17, 15) is 9.90 Å². The summed E-state index contributed by atoms with van der Waals surface area (Å²) in [6, 6.07) is 0. The van der Waals surface area contributed by atoms with E-state index in [1.807, 2.05) is 13.8 Å². The third-order valence-electron chi connectivity index (χ3n) is 3.75. The van der Waals surface area contributed by atoms with Crippen LogP contribution in [0.25, 0.3) is 0 Å². The van der Waals surface area contributed by atoms with E-state index in [1.54, 1.807) is 0 Å². The molecule has 2 aliphatic rings. The maximum absolute atomic E-state index is 11.6. The smallest absolute Gasteiger partial charge is 0.324 e. The zero-order valence-corrected chi connectivity index (χ0v) is 10.6. The van der Waals surface area contributed by atoms with Crippen LogP contribution in [0.2, 0.25) is 0 Å². The number of nitrogens with zero attached hydrogens (tertiary/aromatic N) is 1. The van der Waals surface area contributed by atoms with Crippen LogP contribution in [-0.4, -0.2) is 60.0 Å². The lowest BCUT2D eigenvalue weighted by Gasteiger charge is -2.48. The van der Waals surface area contributed by atoms with Crippen LogP contribution in [0, 0.1) is 0 Å². The molecule has 0 spiro atoms. The SMILES string of the molecule is CC1(C)CN(C2(C(=O)O)CCOCC2)CCO1. The molecule has 2 aliphatic heterocycles. The topological polar surface area (TPSA) is 59.0 Å². The molecule has 0 amide bonds. The van der Waals surface area contributed by atoms with E-state index in [-0.39, 0.29) is 5.60 Å². The van der Waals surface area contributed by atoms with Crippen molar-refractivity contribution in [1.29, 1.82) is 0 Å². The number of hydrogen-bond donors (Lipinski definition) is 1. The minimum Gasteiger partial charge on any atom is -0.480 e. The van der Waals surface area contributed by atoms with Gasteiger partial charge >= 0.3 is 5.97 Å². The Balaban J connectivity index is 2.18. The van der Waals surface area contributed by atoms with Crippen LogP contribution in [0.5, 0.6) is 0 Å². The van der Waals surface area contributed by atoms with E-state index in [0.29, 0.717) is 45.8 Å². The number of carbonyl (C=O) groups is 1. The first-order valence-electron chi connectivity index (χ1n) is 6.16. The van der Waals surface area contributed by atoms with E-state index in [4.69, 9.17) is 9.47 Å². The summed E-state index contributed by atoms with van der Waals surface area (Å²) in [6.07, 6.45) is 1.14. The quantitative estimate of drug-likeness (QED) is 0.775. The highest BCUT2D eigenvalue weighted by Crippen LogP contribution is 2.32. The number of morpholine rings is 1. The van der Waals surface area contributed by atoms with Gasteiger partial charge in [0.15, 0.2) is 0 Å². The molecule has 98 valence electrons. The molecule has 0 radical (unpaired) electrons. The van der Waals surface area contributed by atoms with Crippen molar-refractivity contribution in [3.05, 3.63) is 0 Å². The molecule has 0 aromatic rings. The molecule has 17 heavy (non-hydrogen) atoms. The van der Waals surface area contributed by atoms with Crippen molar-refractivity contribution in [3.8, 4) is 0 Å². The maximum Gasteiger partial charge on any atom is 0.324 e. The van der Waals surface area contributed by atoms with Crippen LogP contribution < -0.4 is 0 Å². The number of ether oxygens (including phenoxy) is 2. The Labute approximate surface area is 102 Å². The van der Waals surface area contributed by atoms with Crippen LogP contribution >= 0.6 is 0 Å². The van der Waals surface area contributed by atoms with Gasteiger partial charge < -0.3 is 14.6 Å². The lowest BCUT2D eigenvalue weighted by molar-refractivity contribution is -0.173. The van der Waals surface area contributed by atoms with Crippen molar-refractivity contribution in [3.63, 3.8) is 0 Å². The normalized spacial score (nSPS) is 28.8. The average molecular weight is 243 g/mol. The first-order chi connectivity index (χ1) is 7.96. The minimum atomic E-state index is -0.751. The molecule has 2 fully saturated rings. The van der Waals surface area contributed by atoms with Crippen molar-refractivity contribution in [2.24, 2.45) is 0 Å². The number of hydrogen-bond acceptors (Lipinski definition) is 4. The van der Waals surface area contributed by atoms with Gasteiger partial charge in [-0.05, 0) is 26.7 Å². The summed E-state index contributed by atoms with van der Waals surface area (Å²) in [5, 5.41) is 9.57. The van der Waals surface area contributed by atoms with E-state index < -0.39 is 11.5 Å². The Morgan fingerprint density at radius 2 is 1.88 bits per heavy atom. The van der Waals surface area contributed by atoms with Crippen LogP contribution in [0.4, 0.5) is 0 Å². The molecule has 0 aliphatic carbocycles. The first kappa shape index (κ1) is 12.8. The molecule has 0 aromatic carbocycles. The van der Waals surface area contributed by atoms with Gasteiger partial charge in [0.05, 0.1) is 12.2 Å². The van der Waals surface area contributed by atoms with Gasteiger partial charge in [0.1, 0.15) is 5.54 Å². The summed E-state index contributed by atoms with van der Waals surface area (Å²) < 4.78 is 10.9. The third kappa shape index (κ3) is 2.46. The van der Waals surface area contributed by atoms with Crippen molar-refractivity contribution < 1.29 is 19.4 Å². The molecule has 2 heterocycles. The van der Waals surface area contributed by atoms with E-state index in [0.717, 1.165) is 0 Å². The number of carboxylic acid groups (broad SMARTS) is 1. The second-order valence-corrected chi connectivity index (χ2v) is 5.48. The molecule has 0 aromatic heterocycles. The number of rotatable bonds is 2. The minimum absolute atomic E-state index is 0.265. The van der Waals surface area contributed by atoms with Gasteiger partial charge in [0, 0.05) is 26.3 Å². The van der Waals surface area contributed by atoms with Crippen LogP contribution in [0.1, 0.15) is 26.7 Å². The summed E-state index contributed by atoms with van der Waals surface area (Å²) >= 11 is 0. The van der Waals surface area contributed by atoms with E-state index in [1.165, 1.54) is 0 Å². The predicted octanol–water partition coefficient (Wildman–Crippen LogP) is 0.731. The second-order valence-electron chi connectivity index (χ2n) is 5.48. The summed E-state index contributed by atoms with van der Waals surface area (Å²) in [4.78, 5) is 13.7. The lowest BCUT2D eigenvalue weighted by Crippen LogP contribution is -2.63. The fraction of sp³-hybridized carbons (Fsp3) is 0.917. The number of aliphatic carboxylic acids is 1. The Kier molecular flexibility index (Phi) is 3.43. The van der Waals surface area contributed by atoms with Crippen LogP contribution in [0.3, 0.4) is 0 Å². The van der Waals surface area contributed by atoms with Crippen molar-refractivity contribution >= 4 is 5.97 Å². The fourth-order valence-electron chi connectivity index (χ4n) is 2.76. The van der Waals surface area contributed by atoms with Crippen molar-refractivity contribution in [2.75, 3.05) is 32.9 Å². The molecule has 2 rings (SSSR count). The highest BCUT2D eigenvalue weighted by Gasteiger charge is 2.48. The summed E-state index contributed by atoms with van der Waals surface area (Å²) in [5.74, 6) is -0.724. The third-order valence-corrected chi connectivity index (χ3v) is 3.75. The molecule has 5 nitrogen and oxygen atoms in total. The molecular formula is C12H21NO4. The lowest BCUT2D eigenvalue weighted by atomic mass is 9.86. The second kappa shape index (κ2) is 4.55. The monoisotopic (exact) mass is 243 g/mol. The van der Waals surface area contributed by atoms with Gasteiger partial charge in [0.2, 0.25) is 0 Å². The van der Waals surface area contributed by atoms with Crippen LogP contribution in [0.15, 0.2) is 0 Å². The fourth-order valence-corrected chi connectivity index (χ4v) is 2.76. The molecule has 0 bridgehead atoms. The summed E-state index contributed by atoms with van der Waals surface area (Å²) in [5.41, 5.74) is -1.02. The first-order valence-corrected chi connectivity index (χ1v) is 6.16. The Morgan fingerprint density at radius 3 is 2.41 bits per heavy atom. The Bertz CT molecular complexity index is 297. The van der Waals surface area contributed by atoms with E-state index >= 15 is 0 Å².